The van der Waals surface area contributed by atoms with Crippen molar-refractivity contribution in [1.29, 1.82) is 0 Å². The molecule has 0 bridgehead atoms. The first kappa shape index (κ1) is 13.3. The summed E-state index contributed by atoms with van der Waals surface area (Å²) in [5.74, 6) is -0.135. The van der Waals surface area contributed by atoms with Crippen molar-refractivity contribution in [2.75, 3.05) is 13.1 Å². The van der Waals surface area contributed by atoms with Gasteiger partial charge in [-0.1, -0.05) is 42.5 Å². The molecule has 1 aliphatic rings. The van der Waals surface area contributed by atoms with Crippen LogP contribution in [0.2, 0.25) is 0 Å². The van der Waals surface area contributed by atoms with E-state index in [1.54, 1.807) is 4.90 Å². The maximum Gasteiger partial charge on any atom is 0.250 e. The molecule has 0 aliphatic carbocycles. The van der Waals surface area contributed by atoms with Gasteiger partial charge in [-0.05, 0) is 18.9 Å². The van der Waals surface area contributed by atoms with Crippen molar-refractivity contribution in [2.45, 2.75) is 19.4 Å². The largest absolute Gasteiger partial charge is 0.339 e. The highest BCUT2D eigenvalue weighted by Crippen LogP contribution is 2.19. The van der Waals surface area contributed by atoms with Crippen molar-refractivity contribution in [3.8, 4) is 0 Å². The smallest absolute Gasteiger partial charge is 0.250 e. The minimum atomic E-state index is -0.548. The molecule has 1 heterocycles. The molecule has 2 amide bonds. The zero-order chi connectivity index (χ0) is 13.7. The number of carbonyl (C=O) groups is 2. The number of benzene rings is 1. The zero-order valence-corrected chi connectivity index (χ0v) is 11.0. The van der Waals surface area contributed by atoms with Gasteiger partial charge >= 0.3 is 0 Å². The first-order valence-corrected chi connectivity index (χ1v) is 6.46. The quantitative estimate of drug-likeness (QED) is 0.835. The summed E-state index contributed by atoms with van der Waals surface area (Å²) in [4.78, 5) is 25.7. The van der Waals surface area contributed by atoms with E-state index in [0.717, 1.165) is 12.0 Å². The Morgan fingerprint density at radius 1 is 1.32 bits per heavy atom. The van der Waals surface area contributed by atoms with E-state index in [1.165, 1.54) is 0 Å². The van der Waals surface area contributed by atoms with Gasteiger partial charge in [0.25, 0.3) is 0 Å². The van der Waals surface area contributed by atoms with E-state index in [0.29, 0.717) is 6.54 Å². The van der Waals surface area contributed by atoms with Crippen LogP contribution in [0.4, 0.5) is 0 Å². The Morgan fingerprint density at radius 3 is 2.74 bits per heavy atom. The molecular formula is C15H18N2O2. The summed E-state index contributed by atoms with van der Waals surface area (Å²) in [5, 5.41) is 2.75. The summed E-state index contributed by atoms with van der Waals surface area (Å²) < 4.78 is 0. The van der Waals surface area contributed by atoms with Crippen LogP contribution in [0.15, 0.2) is 42.5 Å². The molecular weight excluding hydrogens is 240 g/mol. The zero-order valence-electron chi connectivity index (χ0n) is 11.0. The van der Waals surface area contributed by atoms with Crippen LogP contribution in [0.25, 0.3) is 0 Å². The number of piperazine rings is 1. The summed E-state index contributed by atoms with van der Waals surface area (Å²) in [6.07, 6.45) is 4.72. The highest BCUT2D eigenvalue weighted by Gasteiger charge is 2.32. The molecule has 1 atom stereocenters. The first-order chi connectivity index (χ1) is 9.22. The molecule has 1 N–H and O–H groups in total. The number of hydrogen-bond acceptors (Lipinski definition) is 2. The van der Waals surface area contributed by atoms with Gasteiger partial charge in [-0.15, -0.1) is 0 Å². The molecule has 1 unspecified atom stereocenters. The predicted octanol–water partition coefficient (Wildman–Crippen LogP) is 1.65. The van der Waals surface area contributed by atoms with Crippen molar-refractivity contribution < 1.29 is 9.59 Å². The molecule has 1 aromatic carbocycles. The maximum atomic E-state index is 12.4. The maximum absolute atomic E-state index is 12.4. The summed E-state index contributed by atoms with van der Waals surface area (Å²) >= 11 is 0. The van der Waals surface area contributed by atoms with Gasteiger partial charge in [-0.2, -0.15) is 0 Å². The van der Waals surface area contributed by atoms with Gasteiger partial charge in [-0.25, -0.2) is 0 Å². The van der Waals surface area contributed by atoms with E-state index >= 15 is 0 Å². The Morgan fingerprint density at radius 2 is 2.05 bits per heavy atom. The second-order valence-corrected chi connectivity index (χ2v) is 4.53. The molecule has 4 heteroatoms. The van der Waals surface area contributed by atoms with E-state index in [-0.39, 0.29) is 18.4 Å². The number of amides is 2. The van der Waals surface area contributed by atoms with Crippen molar-refractivity contribution >= 4 is 11.8 Å². The number of hydrogen-bond donors (Lipinski definition) is 1. The van der Waals surface area contributed by atoms with Crippen LogP contribution in [0.3, 0.4) is 0 Å². The number of rotatable bonds is 4. The highest BCUT2D eigenvalue weighted by molar-refractivity contribution is 5.95. The second kappa shape index (κ2) is 6.18. The van der Waals surface area contributed by atoms with Crippen LogP contribution < -0.4 is 5.32 Å². The minimum Gasteiger partial charge on any atom is -0.339 e. The second-order valence-electron chi connectivity index (χ2n) is 4.53. The molecule has 1 fully saturated rings. The summed E-state index contributed by atoms with van der Waals surface area (Å²) in [7, 11) is 0. The third-order valence-corrected chi connectivity index (χ3v) is 3.13. The van der Waals surface area contributed by atoms with Crippen molar-refractivity contribution in [3.63, 3.8) is 0 Å². The lowest BCUT2D eigenvalue weighted by Crippen LogP contribution is -2.53. The summed E-state index contributed by atoms with van der Waals surface area (Å²) in [6, 6.07) is 8.80. The van der Waals surface area contributed by atoms with Crippen molar-refractivity contribution in [2.24, 2.45) is 0 Å². The molecule has 0 aromatic heterocycles. The Kier molecular flexibility index (Phi) is 4.34. The molecule has 4 nitrogen and oxygen atoms in total. The van der Waals surface area contributed by atoms with E-state index in [9.17, 15) is 9.59 Å². The van der Waals surface area contributed by atoms with Crippen LogP contribution in [0.5, 0.6) is 0 Å². The Labute approximate surface area is 113 Å². The van der Waals surface area contributed by atoms with Gasteiger partial charge < -0.3 is 10.2 Å². The van der Waals surface area contributed by atoms with E-state index in [4.69, 9.17) is 0 Å². The SMILES string of the molecule is C/C=C/CCN1CC(=O)NC(c2ccccc2)C1=O. The van der Waals surface area contributed by atoms with E-state index < -0.39 is 6.04 Å². The molecule has 1 aromatic rings. The van der Waals surface area contributed by atoms with Crippen LogP contribution in [0.1, 0.15) is 24.9 Å². The van der Waals surface area contributed by atoms with Gasteiger partial charge in [0.1, 0.15) is 6.04 Å². The molecule has 1 aliphatic heterocycles. The van der Waals surface area contributed by atoms with Crippen LogP contribution in [-0.4, -0.2) is 29.8 Å². The topological polar surface area (TPSA) is 49.4 Å². The lowest BCUT2D eigenvalue weighted by molar-refractivity contribution is -0.144. The molecule has 100 valence electrons. The third-order valence-electron chi connectivity index (χ3n) is 3.13. The normalized spacial score (nSPS) is 19.8. The molecule has 0 spiro atoms. The Bertz CT molecular complexity index is 482. The fourth-order valence-corrected chi connectivity index (χ4v) is 2.16. The monoisotopic (exact) mass is 258 g/mol. The van der Waals surface area contributed by atoms with Gasteiger partial charge in [0, 0.05) is 6.54 Å². The first-order valence-electron chi connectivity index (χ1n) is 6.46. The molecule has 1 saturated heterocycles. The number of carbonyl (C=O) groups excluding carboxylic acids is 2. The average Bonchev–Trinajstić information content (AvgIpc) is 2.43. The predicted molar refractivity (Wildman–Crippen MR) is 73.3 cm³/mol. The van der Waals surface area contributed by atoms with Gasteiger partial charge in [-0.3, -0.25) is 9.59 Å². The van der Waals surface area contributed by atoms with E-state index in [1.807, 2.05) is 49.4 Å². The average molecular weight is 258 g/mol. The molecule has 0 radical (unpaired) electrons. The molecule has 0 saturated carbocycles. The fraction of sp³-hybridized carbons (Fsp3) is 0.333. The number of allylic oxidation sites excluding steroid dienone is 1. The van der Waals surface area contributed by atoms with Crippen molar-refractivity contribution in [3.05, 3.63) is 48.0 Å². The molecule has 2 rings (SSSR count). The fourth-order valence-electron chi connectivity index (χ4n) is 2.16. The van der Waals surface area contributed by atoms with Crippen LogP contribution >= 0.6 is 0 Å². The van der Waals surface area contributed by atoms with Crippen molar-refractivity contribution in [1.82, 2.24) is 10.2 Å². The van der Waals surface area contributed by atoms with Crippen LogP contribution in [0, 0.1) is 0 Å². The van der Waals surface area contributed by atoms with Gasteiger partial charge in [0.15, 0.2) is 0 Å². The number of nitrogens with zero attached hydrogens (tertiary/aromatic N) is 1. The highest BCUT2D eigenvalue weighted by atomic mass is 16.2. The lowest BCUT2D eigenvalue weighted by Gasteiger charge is -2.32. The number of nitrogens with one attached hydrogen (secondary N) is 1. The summed E-state index contributed by atoms with van der Waals surface area (Å²) in [6.45, 7) is 2.68. The lowest BCUT2D eigenvalue weighted by atomic mass is 10.0. The minimum absolute atomic E-state index is 0.0321. The standard InChI is InChI=1S/C15H18N2O2/c1-2-3-7-10-17-11-13(18)16-14(15(17)19)12-8-5-4-6-9-12/h2-6,8-9,14H,7,10-11H2,1H3,(H,16,18)/b3-2+. The molecule has 19 heavy (non-hydrogen) atoms. The van der Waals surface area contributed by atoms with Crippen LogP contribution in [-0.2, 0) is 9.59 Å². The Hall–Kier alpha value is -2.10. The summed E-state index contributed by atoms with van der Waals surface area (Å²) in [5.41, 5.74) is 0.830. The Balaban J connectivity index is 2.12. The third kappa shape index (κ3) is 3.22. The van der Waals surface area contributed by atoms with E-state index in [2.05, 4.69) is 5.32 Å². The van der Waals surface area contributed by atoms with Gasteiger partial charge in [0.05, 0.1) is 6.54 Å². The van der Waals surface area contributed by atoms with Gasteiger partial charge in [0.2, 0.25) is 11.8 Å².